The summed E-state index contributed by atoms with van der Waals surface area (Å²) >= 11 is 1.33. The standard InChI is InChI=1S/C21H25N3O3S/c1-4-6-7-12-27-16-10-8-15(9-11-16)24-19-17-14(3)18(21(25)26-5-2)28-20(17)23-13-22-19/h8-11,13H,4-7,12H2,1-3H3,(H,22,23,24). The summed E-state index contributed by atoms with van der Waals surface area (Å²) < 4.78 is 10.9. The van der Waals surface area contributed by atoms with Crippen molar-refractivity contribution in [3.63, 3.8) is 0 Å². The molecule has 0 amide bonds. The highest BCUT2D eigenvalue weighted by atomic mass is 32.1. The lowest BCUT2D eigenvalue weighted by Gasteiger charge is -2.09. The molecule has 2 heterocycles. The first-order valence-corrected chi connectivity index (χ1v) is 10.4. The maximum absolute atomic E-state index is 12.2. The van der Waals surface area contributed by atoms with E-state index in [1.54, 1.807) is 6.92 Å². The van der Waals surface area contributed by atoms with E-state index in [0.29, 0.717) is 17.3 Å². The second-order valence-corrected chi connectivity index (χ2v) is 7.38. The van der Waals surface area contributed by atoms with Crippen molar-refractivity contribution >= 4 is 39.0 Å². The number of anilines is 2. The van der Waals surface area contributed by atoms with Gasteiger partial charge in [-0.3, -0.25) is 0 Å². The predicted molar refractivity (Wildman–Crippen MR) is 113 cm³/mol. The third kappa shape index (κ3) is 4.59. The Morgan fingerprint density at radius 2 is 1.93 bits per heavy atom. The number of nitrogens with one attached hydrogen (secondary N) is 1. The van der Waals surface area contributed by atoms with Crippen LogP contribution in [0.1, 0.15) is 48.3 Å². The van der Waals surface area contributed by atoms with E-state index >= 15 is 0 Å². The number of aromatic nitrogens is 2. The minimum atomic E-state index is -0.321. The van der Waals surface area contributed by atoms with Crippen LogP contribution in [0.2, 0.25) is 0 Å². The Morgan fingerprint density at radius 1 is 1.14 bits per heavy atom. The van der Waals surface area contributed by atoms with Gasteiger partial charge >= 0.3 is 5.97 Å². The number of carbonyl (C=O) groups excluding carboxylic acids is 1. The summed E-state index contributed by atoms with van der Waals surface area (Å²) in [7, 11) is 0. The van der Waals surface area contributed by atoms with E-state index in [0.717, 1.165) is 40.2 Å². The zero-order chi connectivity index (χ0) is 19.9. The highest BCUT2D eigenvalue weighted by Crippen LogP contribution is 2.35. The Bertz CT molecular complexity index is 938. The van der Waals surface area contributed by atoms with Crippen LogP contribution in [0.25, 0.3) is 10.2 Å². The van der Waals surface area contributed by atoms with Gasteiger partial charge in [-0.15, -0.1) is 11.3 Å². The smallest absolute Gasteiger partial charge is 0.348 e. The molecule has 0 unspecified atom stereocenters. The number of fused-ring (bicyclic) bond motifs is 1. The second-order valence-electron chi connectivity index (χ2n) is 6.38. The van der Waals surface area contributed by atoms with Gasteiger partial charge in [0.15, 0.2) is 0 Å². The Balaban J connectivity index is 1.78. The average molecular weight is 400 g/mol. The molecule has 7 heteroatoms. The number of benzene rings is 1. The van der Waals surface area contributed by atoms with Crippen LogP contribution >= 0.6 is 11.3 Å². The number of unbranched alkanes of at least 4 members (excludes halogenated alkanes) is 2. The van der Waals surface area contributed by atoms with Gasteiger partial charge in [-0.1, -0.05) is 19.8 Å². The fourth-order valence-corrected chi connectivity index (χ4v) is 3.91. The predicted octanol–water partition coefficient (Wildman–Crippen LogP) is 5.49. The lowest BCUT2D eigenvalue weighted by Crippen LogP contribution is -2.03. The number of hydrogen-bond donors (Lipinski definition) is 1. The molecule has 0 fully saturated rings. The van der Waals surface area contributed by atoms with Crippen molar-refractivity contribution in [2.75, 3.05) is 18.5 Å². The highest BCUT2D eigenvalue weighted by Gasteiger charge is 2.20. The summed E-state index contributed by atoms with van der Waals surface area (Å²) in [4.78, 5) is 22.2. The fraction of sp³-hybridized carbons (Fsp3) is 0.381. The molecule has 28 heavy (non-hydrogen) atoms. The lowest BCUT2D eigenvalue weighted by atomic mass is 10.2. The molecule has 148 valence electrons. The Morgan fingerprint density at radius 3 is 2.64 bits per heavy atom. The maximum atomic E-state index is 12.2. The molecule has 0 atom stereocenters. The van der Waals surface area contributed by atoms with Gasteiger partial charge in [0.25, 0.3) is 0 Å². The Hall–Kier alpha value is -2.67. The third-order valence-electron chi connectivity index (χ3n) is 4.32. The number of nitrogens with zero attached hydrogens (tertiary/aromatic N) is 2. The number of ether oxygens (including phenoxy) is 2. The van der Waals surface area contributed by atoms with Crippen LogP contribution in [-0.4, -0.2) is 29.2 Å². The van der Waals surface area contributed by atoms with Crippen molar-refractivity contribution in [3.8, 4) is 5.75 Å². The van der Waals surface area contributed by atoms with E-state index in [4.69, 9.17) is 9.47 Å². The first-order valence-electron chi connectivity index (χ1n) is 9.55. The second kappa shape index (κ2) is 9.50. The fourth-order valence-electron chi connectivity index (χ4n) is 2.87. The highest BCUT2D eigenvalue weighted by molar-refractivity contribution is 7.20. The van der Waals surface area contributed by atoms with Gasteiger partial charge in [-0.2, -0.15) is 0 Å². The molecule has 0 spiro atoms. The SMILES string of the molecule is CCCCCOc1ccc(Nc2ncnc3sc(C(=O)OCC)c(C)c23)cc1. The zero-order valence-electron chi connectivity index (χ0n) is 16.4. The van der Waals surface area contributed by atoms with E-state index in [2.05, 4.69) is 22.2 Å². The summed E-state index contributed by atoms with van der Waals surface area (Å²) in [6.45, 7) is 6.95. The molecule has 1 N–H and O–H groups in total. The van der Waals surface area contributed by atoms with Gasteiger partial charge in [-0.05, 0) is 50.1 Å². The zero-order valence-corrected chi connectivity index (χ0v) is 17.3. The largest absolute Gasteiger partial charge is 0.494 e. The van der Waals surface area contributed by atoms with Crippen molar-refractivity contribution in [1.82, 2.24) is 9.97 Å². The number of esters is 1. The first kappa shape index (κ1) is 20.1. The van der Waals surface area contributed by atoms with Gasteiger partial charge in [0.05, 0.1) is 18.6 Å². The van der Waals surface area contributed by atoms with E-state index in [1.807, 2.05) is 31.2 Å². The summed E-state index contributed by atoms with van der Waals surface area (Å²) in [6, 6.07) is 7.79. The number of rotatable bonds is 9. The first-order chi connectivity index (χ1) is 13.6. The van der Waals surface area contributed by atoms with E-state index in [-0.39, 0.29) is 5.97 Å². The number of hydrogen-bond acceptors (Lipinski definition) is 7. The van der Waals surface area contributed by atoms with E-state index in [9.17, 15) is 4.79 Å². The topological polar surface area (TPSA) is 73.3 Å². The van der Waals surface area contributed by atoms with Gasteiger partial charge < -0.3 is 14.8 Å². The van der Waals surface area contributed by atoms with Crippen LogP contribution in [0.15, 0.2) is 30.6 Å². The quantitative estimate of drug-likeness (QED) is 0.379. The molecule has 0 bridgehead atoms. The average Bonchev–Trinajstić information content (AvgIpc) is 3.04. The molecule has 0 aliphatic carbocycles. The van der Waals surface area contributed by atoms with Crippen LogP contribution in [0, 0.1) is 6.92 Å². The number of carbonyl (C=O) groups is 1. The minimum Gasteiger partial charge on any atom is -0.494 e. The van der Waals surface area contributed by atoms with Crippen molar-refractivity contribution in [2.24, 2.45) is 0 Å². The molecule has 0 aliphatic rings. The third-order valence-corrected chi connectivity index (χ3v) is 5.50. The van der Waals surface area contributed by atoms with Gasteiger partial charge in [-0.25, -0.2) is 14.8 Å². The van der Waals surface area contributed by atoms with Crippen molar-refractivity contribution in [1.29, 1.82) is 0 Å². The molecule has 6 nitrogen and oxygen atoms in total. The van der Waals surface area contributed by atoms with Crippen molar-refractivity contribution in [2.45, 2.75) is 40.0 Å². The van der Waals surface area contributed by atoms with Gasteiger partial charge in [0.2, 0.25) is 0 Å². The summed E-state index contributed by atoms with van der Waals surface area (Å²) in [6.07, 6.45) is 4.92. The van der Waals surface area contributed by atoms with Gasteiger partial charge in [0.1, 0.15) is 27.6 Å². The molecular weight excluding hydrogens is 374 g/mol. The van der Waals surface area contributed by atoms with E-state index < -0.39 is 0 Å². The lowest BCUT2D eigenvalue weighted by molar-refractivity contribution is 0.0531. The number of thiophene rings is 1. The van der Waals surface area contributed by atoms with Crippen LogP contribution in [0.4, 0.5) is 11.5 Å². The normalized spacial score (nSPS) is 10.8. The van der Waals surface area contributed by atoms with Crippen molar-refractivity contribution < 1.29 is 14.3 Å². The maximum Gasteiger partial charge on any atom is 0.348 e. The molecule has 0 radical (unpaired) electrons. The Kier molecular flexibility index (Phi) is 6.81. The monoisotopic (exact) mass is 399 g/mol. The summed E-state index contributed by atoms with van der Waals surface area (Å²) in [5.41, 5.74) is 1.72. The molecule has 0 saturated heterocycles. The van der Waals surface area contributed by atoms with Gasteiger partial charge in [0, 0.05) is 5.69 Å². The van der Waals surface area contributed by atoms with E-state index in [1.165, 1.54) is 30.5 Å². The Labute approximate surface area is 168 Å². The molecule has 3 rings (SSSR count). The summed E-state index contributed by atoms with van der Waals surface area (Å²) in [5, 5.41) is 4.17. The molecule has 0 aliphatic heterocycles. The molecule has 0 saturated carbocycles. The summed E-state index contributed by atoms with van der Waals surface area (Å²) in [5.74, 6) is 1.20. The van der Waals surface area contributed by atoms with Crippen molar-refractivity contribution in [3.05, 3.63) is 41.0 Å². The molecule has 1 aromatic carbocycles. The van der Waals surface area contributed by atoms with Crippen LogP contribution < -0.4 is 10.1 Å². The van der Waals surface area contributed by atoms with Crippen LogP contribution in [0.5, 0.6) is 5.75 Å². The number of aryl methyl sites for hydroxylation is 1. The molecule has 2 aromatic heterocycles. The van der Waals surface area contributed by atoms with Crippen LogP contribution in [-0.2, 0) is 4.74 Å². The minimum absolute atomic E-state index is 0.321. The molecule has 3 aromatic rings. The van der Waals surface area contributed by atoms with Crippen LogP contribution in [0.3, 0.4) is 0 Å². The molecular formula is C21H25N3O3S.